The highest BCUT2D eigenvalue weighted by Crippen LogP contribution is 2.19. The molecule has 3 rings (SSSR count). The molecule has 1 aliphatic heterocycles. The van der Waals surface area contributed by atoms with Crippen molar-refractivity contribution >= 4 is 31.6 Å². The largest absolute Gasteiger partial charge is 0.377 e. The molecule has 162 valence electrons. The summed E-state index contributed by atoms with van der Waals surface area (Å²) in [6.07, 6.45) is 1.52. The van der Waals surface area contributed by atoms with E-state index in [9.17, 15) is 26.0 Å². The van der Waals surface area contributed by atoms with Crippen molar-refractivity contribution in [2.24, 2.45) is 5.14 Å². The van der Waals surface area contributed by atoms with Crippen LogP contribution >= 0.6 is 0 Å². The molecule has 1 aliphatic rings. The van der Waals surface area contributed by atoms with Crippen molar-refractivity contribution in [1.82, 2.24) is 4.72 Å². The number of nitrogens with one attached hydrogen (secondary N) is 2. The molecule has 1 saturated heterocycles. The van der Waals surface area contributed by atoms with E-state index >= 15 is 0 Å². The third-order valence-corrected chi connectivity index (χ3v) is 6.74. The van der Waals surface area contributed by atoms with E-state index in [1.165, 1.54) is 24.3 Å². The van der Waals surface area contributed by atoms with Gasteiger partial charge in [-0.2, -0.15) is 0 Å². The summed E-state index contributed by atoms with van der Waals surface area (Å²) in [4.78, 5) is 11.8. The van der Waals surface area contributed by atoms with E-state index < -0.39 is 36.7 Å². The Morgan fingerprint density at radius 2 is 1.80 bits per heavy atom. The minimum atomic E-state index is -4.16. The number of hydrogen-bond acceptors (Lipinski definition) is 6. The minimum absolute atomic E-state index is 0.0284. The van der Waals surface area contributed by atoms with Crippen LogP contribution in [0.1, 0.15) is 23.2 Å². The van der Waals surface area contributed by atoms with Gasteiger partial charge in [-0.15, -0.1) is 0 Å². The van der Waals surface area contributed by atoms with Crippen LogP contribution < -0.4 is 15.2 Å². The molecule has 0 saturated carbocycles. The Morgan fingerprint density at radius 3 is 2.40 bits per heavy atom. The van der Waals surface area contributed by atoms with Crippen LogP contribution in [0.4, 0.5) is 10.1 Å². The summed E-state index contributed by atoms with van der Waals surface area (Å²) in [5, 5.41) is 7.33. The fourth-order valence-electron chi connectivity index (χ4n) is 2.88. The number of rotatable bonds is 7. The third kappa shape index (κ3) is 5.61. The van der Waals surface area contributed by atoms with Crippen molar-refractivity contribution < 1.29 is 30.8 Å². The normalized spacial score (nSPS) is 17.1. The number of carbonyl (C=O) groups is 1. The zero-order valence-electron chi connectivity index (χ0n) is 15.7. The summed E-state index contributed by atoms with van der Waals surface area (Å²) in [5.41, 5.74) is -0.0200. The zero-order valence-corrected chi connectivity index (χ0v) is 17.3. The molecule has 30 heavy (non-hydrogen) atoms. The average Bonchev–Trinajstić information content (AvgIpc) is 3.19. The van der Waals surface area contributed by atoms with Crippen molar-refractivity contribution in [1.29, 1.82) is 0 Å². The summed E-state index contributed by atoms with van der Waals surface area (Å²) in [7, 11) is -7.92. The average molecular weight is 458 g/mol. The van der Waals surface area contributed by atoms with E-state index in [2.05, 4.69) is 10.0 Å². The Balaban J connectivity index is 1.70. The summed E-state index contributed by atoms with van der Waals surface area (Å²) < 4.78 is 69.0. The van der Waals surface area contributed by atoms with Gasteiger partial charge in [0.1, 0.15) is 5.82 Å². The summed E-state index contributed by atoms with van der Waals surface area (Å²) in [6, 6.07) is 7.77. The molecular formula is C18H20FN3O6S2. The molecule has 1 fully saturated rings. The molecule has 0 radical (unpaired) electrons. The van der Waals surface area contributed by atoms with Gasteiger partial charge in [0.25, 0.3) is 5.91 Å². The zero-order chi connectivity index (χ0) is 21.9. The monoisotopic (exact) mass is 457 g/mol. The van der Waals surface area contributed by atoms with Crippen LogP contribution in [0.5, 0.6) is 0 Å². The lowest BCUT2D eigenvalue weighted by Gasteiger charge is -2.12. The Kier molecular flexibility index (Phi) is 6.53. The van der Waals surface area contributed by atoms with E-state index in [0.717, 1.165) is 31.0 Å². The molecule has 2 aromatic rings. The van der Waals surface area contributed by atoms with Gasteiger partial charge in [-0.1, -0.05) is 0 Å². The Bertz CT molecular complexity index is 1140. The third-order valence-electron chi connectivity index (χ3n) is 4.41. The Labute approximate surface area is 173 Å². The van der Waals surface area contributed by atoms with Gasteiger partial charge < -0.3 is 10.1 Å². The molecule has 0 spiro atoms. The number of hydrogen-bond donors (Lipinski definition) is 3. The van der Waals surface area contributed by atoms with Crippen LogP contribution in [0.2, 0.25) is 0 Å². The highest BCUT2D eigenvalue weighted by molar-refractivity contribution is 7.89. The predicted octanol–water partition coefficient (Wildman–Crippen LogP) is 1.18. The molecule has 0 aromatic heterocycles. The maximum Gasteiger partial charge on any atom is 0.255 e. The number of ether oxygens (including phenoxy) is 1. The Hall–Kier alpha value is -2.38. The van der Waals surface area contributed by atoms with Crippen molar-refractivity contribution in [2.75, 3.05) is 18.5 Å². The summed E-state index contributed by atoms with van der Waals surface area (Å²) in [5.74, 6) is -1.58. The highest BCUT2D eigenvalue weighted by atomic mass is 32.2. The molecule has 4 N–H and O–H groups in total. The maximum atomic E-state index is 13.6. The van der Waals surface area contributed by atoms with Crippen LogP contribution in [0.25, 0.3) is 0 Å². The molecule has 1 heterocycles. The smallest absolute Gasteiger partial charge is 0.255 e. The second-order valence-corrected chi connectivity index (χ2v) is 10.0. The van der Waals surface area contributed by atoms with E-state index in [1.807, 2.05) is 0 Å². The van der Waals surface area contributed by atoms with E-state index in [1.54, 1.807) is 0 Å². The van der Waals surface area contributed by atoms with Gasteiger partial charge in [-0.3, -0.25) is 4.79 Å². The van der Waals surface area contributed by atoms with Gasteiger partial charge in [0.05, 0.1) is 15.9 Å². The van der Waals surface area contributed by atoms with Gasteiger partial charge in [-0.25, -0.2) is 31.1 Å². The summed E-state index contributed by atoms with van der Waals surface area (Å²) >= 11 is 0. The minimum Gasteiger partial charge on any atom is -0.377 e. The van der Waals surface area contributed by atoms with Gasteiger partial charge in [0, 0.05) is 24.4 Å². The van der Waals surface area contributed by atoms with Crippen molar-refractivity contribution in [3.8, 4) is 0 Å². The molecule has 1 atom stereocenters. The van der Waals surface area contributed by atoms with Gasteiger partial charge in [0.2, 0.25) is 20.0 Å². The topological polar surface area (TPSA) is 145 Å². The Morgan fingerprint density at radius 1 is 1.10 bits per heavy atom. The first-order valence-electron chi connectivity index (χ1n) is 8.91. The quantitative estimate of drug-likeness (QED) is 0.569. The lowest BCUT2D eigenvalue weighted by Crippen LogP contribution is -2.31. The second kappa shape index (κ2) is 8.78. The molecular weight excluding hydrogens is 437 g/mol. The lowest BCUT2D eigenvalue weighted by molar-refractivity contribution is 0.102. The van der Waals surface area contributed by atoms with Crippen LogP contribution in [0.15, 0.2) is 52.3 Å². The molecule has 0 aliphatic carbocycles. The van der Waals surface area contributed by atoms with Crippen molar-refractivity contribution in [3.63, 3.8) is 0 Å². The fraction of sp³-hybridized carbons (Fsp3) is 0.278. The van der Waals surface area contributed by atoms with E-state index in [-0.39, 0.29) is 28.8 Å². The SMILES string of the molecule is NS(=O)(=O)c1cc(F)cc(NC(=O)c2ccc(S(=O)(=O)NC[C@H]3CCCO3)cc2)c1. The maximum absolute atomic E-state index is 13.6. The lowest BCUT2D eigenvalue weighted by atomic mass is 10.2. The van der Waals surface area contributed by atoms with Gasteiger partial charge in [-0.05, 0) is 55.3 Å². The number of amides is 1. The van der Waals surface area contributed by atoms with Gasteiger partial charge in [0.15, 0.2) is 0 Å². The van der Waals surface area contributed by atoms with Crippen LogP contribution in [-0.2, 0) is 24.8 Å². The number of sulfonamides is 2. The molecule has 9 nitrogen and oxygen atoms in total. The molecule has 1 amide bonds. The number of carbonyl (C=O) groups excluding carboxylic acids is 1. The predicted molar refractivity (Wildman–Crippen MR) is 106 cm³/mol. The van der Waals surface area contributed by atoms with Crippen LogP contribution in [0.3, 0.4) is 0 Å². The van der Waals surface area contributed by atoms with E-state index in [0.29, 0.717) is 6.61 Å². The van der Waals surface area contributed by atoms with E-state index in [4.69, 9.17) is 9.88 Å². The first-order chi connectivity index (χ1) is 14.0. The number of halogens is 1. The summed E-state index contributed by atoms with van der Waals surface area (Å²) in [6.45, 7) is 0.775. The number of primary sulfonamides is 1. The molecule has 0 bridgehead atoms. The highest BCUT2D eigenvalue weighted by Gasteiger charge is 2.20. The first kappa shape index (κ1) is 22.3. The van der Waals surface area contributed by atoms with Crippen LogP contribution in [-0.4, -0.2) is 42.0 Å². The number of anilines is 1. The van der Waals surface area contributed by atoms with Crippen molar-refractivity contribution in [2.45, 2.75) is 28.7 Å². The second-order valence-electron chi connectivity index (χ2n) is 6.69. The number of benzene rings is 2. The first-order valence-corrected chi connectivity index (χ1v) is 11.9. The fourth-order valence-corrected chi connectivity index (χ4v) is 4.51. The number of nitrogens with two attached hydrogens (primary N) is 1. The molecule has 12 heteroatoms. The standard InChI is InChI=1S/C18H20FN3O6S2/c19-13-8-14(10-17(9-13)29(20,24)25)22-18(23)12-3-5-16(6-4-12)30(26,27)21-11-15-2-1-7-28-15/h3-6,8-10,15,21H,1-2,7,11H2,(H,22,23)(H2,20,24,25)/t15-/m1/s1. The van der Waals surface area contributed by atoms with Crippen LogP contribution in [0, 0.1) is 5.82 Å². The molecule has 0 unspecified atom stereocenters. The molecule has 2 aromatic carbocycles. The van der Waals surface area contributed by atoms with Crippen molar-refractivity contribution in [3.05, 3.63) is 53.8 Å². The van der Waals surface area contributed by atoms with Gasteiger partial charge >= 0.3 is 0 Å².